The number of hydrogen-bond donors (Lipinski definition) is 2. The number of nitro benzene ring substituents is 1. The summed E-state index contributed by atoms with van der Waals surface area (Å²) in [5, 5.41) is 21.4. The highest BCUT2D eigenvalue weighted by atomic mass is 16.6. The number of carbonyl (C=O) groups excluding carboxylic acids is 1. The van der Waals surface area contributed by atoms with Gasteiger partial charge in [-0.1, -0.05) is 0 Å². The van der Waals surface area contributed by atoms with Crippen LogP contribution in [0.4, 0.5) is 5.69 Å². The minimum atomic E-state index is -1.00. The number of hydrogen-bond acceptors (Lipinski definition) is 5. The van der Waals surface area contributed by atoms with E-state index >= 15 is 0 Å². The maximum Gasteiger partial charge on any atom is 0.305 e. The fourth-order valence-electron chi connectivity index (χ4n) is 1.43. The van der Waals surface area contributed by atoms with E-state index in [4.69, 9.17) is 9.84 Å². The number of nitrogens with one attached hydrogen (secondary N) is 1. The van der Waals surface area contributed by atoms with Crippen molar-refractivity contribution < 1.29 is 24.4 Å². The molecule has 0 radical (unpaired) electrons. The predicted molar refractivity (Wildman–Crippen MR) is 68.6 cm³/mol. The molecular weight excluding hydrogens is 268 g/mol. The second-order valence-electron chi connectivity index (χ2n) is 3.99. The molecule has 1 aromatic rings. The number of ether oxygens (including phenoxy) is 1. The molecular formula is C12H14N2O6. The van der Waals surface area contributed by atoms with E-state index in [1.165, 1.54) is 18.2 Å². The molecule has 108 valence electrons. The van der Waals surface area contributed by atoms with Gasteiger partial charge in [0.25, 0.3) is 11.6 Å². The minimum absolute atomic E-state index is 0.0246. The van der Waals surface area contributed by atoms with Gasteiger partial charge >= 0.3 is 5.97 Å². The van der Waals surface area contributed by atoms with Crippen LogP contribution in [0.25, 0.3) is 0 Å². The summed E-state index contributed by atoms with van der Waals surface area (Å²) in [5.74, 6) is -1.12. The Kier molecular flexibility index (Phi) is 5.45. The number of nitrogens with zero attached hydrogens (tertiary/aromatic N) is 1. The van der Waals surface area contributed by atoms with Crippen LogP contribution in [0.15, 0.2) is 18.2 Å². The molecule has 1 aromatic carbocycles. The summed E-state index contributed by atoms with van der Waals surface area (Å²) in [6, 6.07) is 4.16. The molecule has 8 heteroatoms. The lowest BCUT2D eigenvalue weighted by molar-refractivity contribution is -0.385. The van der Waals surface area contributed by atoms with Crippen LogP contribution >= 0.6 is 0 Å². The average molecular weight is 282 g/mol. The van der Waals surface area contributed by atoms with Crippen LogP contribution in [0.3, 0.4) is 0 Å². The van der Waals surface area contributed by atoms with Crippen LogP contribution in [0.2, 0.25) is 0 Å². The smallest absolute Gasteiger partial charge is 0.305 e. The quantitative estimate of drug-likeness (QED) is 0.565. The Hall–Kier alpha value is -2.64. The van der Waals surface area contributed by atoms with E-state index in [-0.39, 0.29) is 25.3 Å². The van der Waals surface area contributed by atoms with E-state index in [1.54, 1.807) is 6.92 Å². The third-order valence-electron chi connectivity index (χ3n) is 2.40. The lowest BCUT2D eigenvalue weighted by atomic mass is 10.2. The van der Waals surface area contributed by atoms with Crippen molar-refractivity contribution in [1.29, 1.82) is 0 Å². The first-order valence-electron chi connectivity index (χ1n) is 5.76. The zero-order chi connectivity index (χ0) is 15.1. The van der Waals surface area contributed by atoms with Gasteiger partial charge in [0, 0.05) is 18.2 Å². The van der Waals surface area contributed by atoms with Gasteiger partial charge in [0.2, 0.25) is 0 Å². The highest BCUT2D eigenvalue weighted by molar-refractivity contribution is 5.78. The average Bonchev–Trinajstić information content (AvgIpc) is 2.35. The molecule has 0 saturated heterocycles. The van der Waals surface area contributed by atoms with Crippen molar-refractivity contribution in [2.24, 2.45) is 0 Å². The molecule has 0 aliphatic heterocycles. The number of nitro groups is 1. The number of carboxylic acids is 1. The van der Waals surface area contributed by atoms with Gasteiger partial charge in [-0.3, -0.25) is 19.7 Å². The zero-order valence-corrected chi connectivity index (χ0v) is 10.8. The van der Waals surface area contributed by atoms with Crippen LogP contribution in [0.1, 0.15) is 12.0 Å². The van der Waals surface area contributed by atoms with Gasteiger partial charge in [-0.25, -0.2) is 0 Å². The van der Waals surface area contributed by atoms with Gasteiger partial charge in [0.1, 0.15) is 5.75 Å². The fraction of sp³-hybridized carbons (Fsp3) is 0.333. The number of rotatable bonds is 7. The minimum Gasteiger partial charge on any atom is -0.484 e. The second kappa shape index (κ2) is 7.07. The Morgan fingerprint density at radius 3 is 2.70 bits per heavy atom. The highest BCUT2D eigenvalue weighted by Gasteiger charge is 2.11. The fourth-order valence-corrected chi connectivity index (χ4v) is 1.43. The molecule has 0 spiro atoms. The highest BCUT2D eigenvalue weighted by Crippen LogP contribution is 2.22. The monoisotopic (exact) mass is 282 g/mol. The summed E-state index contributed by atoms with van der Waals surface area (Å²) in [6.07, 6.45) is -0.164. The van der Waals surface area contributed by atoms with Gasteiger partial charge in [-0.05, 0) is 19.1 Å². The SMILES string of the molecule is Cc1cc(OCC(=O)NCCC(=O)O)ccc1[N+](=O)[O-]. The van der Waals surface area contributed by atoms with Crippen molar-refractivity contribution in [3.8, 4) is 5.75 Å². The van der Waals surface area contributed by atoms with Crippen molar-refractivity contribution >= 4 is 17.6 Å². The lowest BCUT2D eigenvalue weighted by Crippen LogP contribution is -2.30. The molecule has 0 aliphatic rings. The molecule has 0 atom stereocenters. The molecule has 0 aromatic heterocycles. The molecule has 0 aliphatic carbocycles. The maximum absolute atomic E-state index is 11.3. The molecule has 0 bridgehead atoms. The molecule has 8 nitrogen and oxygen atoms in total. The molecule has 20 heavy (non-hydrogen) atoms. The summed E-state index contributed by atoms with van der Waals surface area (Å²) in [7, 11) is 0. The number of aliphatic carboxylic acids is 1. The van der Waals surface area contributed by atoms with Gasteiger partial charge in [0.05, 0.1) is 11.3 Å². The molecule has 1 amide bonds. The first-order chi connectivity index (χ1) is 9.40. The lowest BCUT2D eigenvalue weighted by Gasteiger charge is -2.07. The van der Waals surface area contributed by atoms with Crippen LogP contribution in [-0.4, -0.2) is 35.1 Å². The molecule has 0 fully saturated rings. The van der Waals surface area contributed by atoms with E-state index in [0.29, 0.717) is 11.3 Å². The van der Waals surface area contributed by atoms with Gasteiger partial charge < -0.3 is 15.2 Å². The number of amides is 1. The van der Waals surface area contributed by atoms with E-state index in [9.17, 15) is 19.7 Å². The topological polar surface area (TPSA) is 119 Å². The first-order valence-corrected chi connectivity index (χ1v) is 5.76. The number of benzene rings is 1. The van der Waals surface area contributed by atoms with Crippen LogP contribution in [0, 0.1) is 17.0 Å². The maximum atomic E-state index is 11.3. The molecule has 0 unspecified atom stereocenters. The Balaban J connectivity index is 2.45. The Bertz CT molecular complexity index is 529. The van der Waals surface area contributed by atoms with Crippen molar-refractivity contribution in [1.82, 2.24) is 5.32 Å². The normalized spacial score (nSPS) is 9.85. The Morgan fingerprint density at radius 1 is 1.45 bits per heavy atom. The largest absolute Gasteiger partial charge is 0.484 e. The third kappa shape index (κ3) is 4.92. The van der Waals surface area contributed by atoms with Gasteiger partial charge in [-0.2, -0.15) is 0 Å². The van der Waals surface area contributed by atoms with Crippen molar-refractivity contribution in [2.75, 3.05) is 13.2 Å². The number of carbonyl (C=O) groups is 2. The van der Waals surface area contributed by atoms with Crippen LogP contribution in [-0.2, 0) is 9.59 Å². The zero-order valence-electron chi connectivity index (χ0n) is 10.8. The summed E-state index contributed by atoms with van der Waals surface area (Å²) < 4.78 is 5.16. The van der Waals surface area contributed by atoms with E-state index < -0.39 is 16.8 Å². The number of aryl methyl sites for hydroxylation is 1. The summed E-state index contributed by atoms with van der Waals surface area (Å²) in [4.78, 5) is 31.7. The Morgan fingerprint density at radius 2 is 2.15 bits per heavy atom. The summed E-state index contributed by atoms with van der Waals surface area (Å²) in [5.41, 5.74) is 0.405. The Labute approximate surface area is 114 Å². The van der Waals surface area contributed by atoms with E-state index in [1.807, 2.05) is 0 Å². The predicted octanol–water partition coefficient (Wildman–Crippen LogP) is 0.873. The second-order valence-corrected chi connectivity index (χ2v) is 3.99. The van der Waals surface area contributed by atoms with Crippen molar-refractivity contribution in [2.45, 2.75) is 13.3 Å². The van der Waals surface area contributed by atoms with Crippen molar-refractivity contribution in [3.05, 3.63) is 33.9 Å². The first kappa shape index (κ1) is 15.4. The summed E-state index contributed by atoms with van der Waals surface area (Å²) in [6.45, 7) is 1.31. The molecule has 0 heterocycles. The molecule has 2 N–H and O–H groups in total. The van der Waals surface area contributed by atoms with Crippen LogP contribution in [0.5, 0.6) is 5.75 Å². The van der Waals surface area contributed by atoms with Gasteiger partial charge in [0.15, 0.2) is 6.61 Å². The standard InChI is InChI=1S/C12H14N2O6/c1-8-6-9(2-3-10(8)14(18)19)20-7-11(15)13-5-4-12(16)17/h2-3,6H,4-5,7H2,1H3,(H,13,15)(H,16,17). The van der Waals surface area contributed by atoms with Crippen molar-refractivity contribution in [3.63, 3.8) is 0 Å². The summed E-state index contributed by atoms with van der Waals surface area (Å²) >= 11 is 0. The van der Waals surface area contributed by atoms with E-state index in [2.05, 4.69) is 5.32 Å². The molecule has 0 saturated carbocycles. The van der Waals surface area contributed by atoms with Crippen LogP contribution < -0.4 is 10.1 Å². The van der Waals surface area contributed by atoms with E-state index in [0.717, 1.165) is 0 Å². The number of carboxylic acid groups (broad SMARTS) is 1. The third-order valence-corrected chi connectivity index (χ3v) is 2.40. The van der Waals surface area contributed by atoms with Gasteiger partial charge in [-0.15, -0.1) is 0 Å². The molecule has 1 rings (SSSR count).